The quantitative estimate of drug-likeness (QED) is 0.196. The standard InChI is InChI=1S/C19H37N5O7/c1-19(27)7-28-18(13(26)16(19)24-2)31-15-11(23)5-10(22)14(12(15)25)30-17-9(21)4-3-8(6-20)29-17/h3,9-18,24-27H,4-7,20-23H2,1-2H3/t9?,10-,11+,12?,13?,14?,15-,16?,17+,18+,19-/m0/s1. The lowest BCUT2D eigenvalue weighted by Crippen LogP contribution is -2.68. The van der Waals surface area contributed by atoms with Crippen molar-refractivity contribution in [1.29, 1.82) is 0 Å². The molecule has 0 spiro atoms. The van der Waals surface area contributed by atoms with E-state index in [0.717, 1.165) is 0 Å². The number of nitrogens with two attached hydrogens (primary N) is 4. The van der Waals surface area contributed by atoms with Gasteiger partial charge in [0.2, 0.25) is 6.29 Å². The molecule has 0 amide bonds. The molecule has 12 N–H and O–H groups in total. The van der Waals surface area contributed by atoms with Crippen molar-refractivity contribution in [1.82, 2.24) is 5.32 Å². The van der Waals surface area contributed by atoms with Crippen LogP contribution in [0.25, 0.3) is 0 Å². The minimum Gasteiger partial charge on any atom is -0.467 e. The van der Waals surface area contributed by atoms with Crippen molar-refractivity contribution < 1.29 is 34.3 Å². The van der Waals surface area contributed by atoms with Crippen LogP contribution in [0.4, 0.5) is 0 Å². The Hall–Kier alpha value is -0.900. The summed E-state index contributed by atoms with van der Waals surface area (Å²) in [5, 5.41) is 34.9. The fourth-order valence-corrected chi connectivity index (χ4v) is 4.44. The molecule has 2 aliphatic heterocycles. The van der Waals surface area contributed by atoms with Crippen LogP contribution in [0.1, 0.15) is 19.8 Å². The van der Waals surface area contributed by atoms with Crippen molar-refractivity contribution >= 4 is 0 Å². The highest BCUT2D eigenvalue weighted by molar-refractivity contribution is 5.04. The number of aliphatic hydroxyl groups is 3. The molecule has 2 fully saturated rings. The first-order valence-corrected chi connectivity index (χ1v) is 10.6. The third-order valence-electron chi connectivity index (χ3n) is 6.22. The van der Waals surface area contributed by atoms with Crippen LogP contribution in [0.5, 0.6) is 0 Å². The fourth-order valence-electron chi connectivity index (χ4n) is 4.44. The second-order valence-electron chi connectivity index (χ2n) is 8.81. The summed E-state index contributed by atoms with van der Waals surface area (Å²) in [6, 6.07) is -2.37. The SMILES string of the molecule is CNC1C(O)[C@@H](O[C@@H]2C(O)C(O[C@H]3OC(CN)=CCC3N)[C@@H](N)C[C@H]2N)OC[C@]1(C)O. The molecule has 0 bridgehead atoms. The van der Waals surface area contributed by atoms with Gasteiger partial charge in [-0.2, -0.15) is 0 Å². The number of hydrogen-bond acceptors (Lipinski definition) is 12. The monoisotopic (exact) mass is 447 g/mol. The second kappa shape index (κ2) is 9.93. The smallest absolute Gasteiger partial charge is 0.215 e. The Kier molecular flexibility index (Phi) is 7.92. The van der Waals surface area contributed by atoms with Crippen molar-refractivity contribution in [3.8, 4) is 0 Å². The van der Waals surface area contributed by atoms with Crippen molar-refractivity contribution in [2.24, 2.45) is 22.9 Å². The van der Waals surface area contributed by atoms with Crippen molar-refractivity contribution in [2.75, 3.05) is 20.2 Å². The molecule has 3 rings (SSSR count). The number of hydrogen-bond donors (Lipinski definition) is 8. The average Bonchev–Trinajstić information content (AvgIpc) is 2.71. The average molecular weight is 448 g/mol. The molecule has 5 unspecified atom stereocenters. The van der Waals surface area contributed by atoms with Crippen LogP contribution in [0.3, 0.4) is 0 Å². The molecule has 3 aliphatic rings. The Labute approximate surface area is 181 Å². The van der Waals surface area contributed by atoms with E-state index in [1.165, 1.54) is 0 Å². The van der Waals surface area contributed by atoms with E-state index in [1.54, 1.807) is 20.0 Å². The maximum Gasteiger partial charge on any atom is 0.215 e. The molecule has 0 aromatic carbocycles. The topological polar surface area (TPSA) is 214 Å². The number of ether oxygens (including phenoxy) is 4. The number of aliphatic hydroxyl groups excluding tert-OH is 2. The lowest BCUT2D eigenvalue weighted by atomic mass is 9.84. The van der Waals surface area contributed by atoms with Gasteiger partial charge in [-0.25, -0.2) is 0 Å². The van der Waals surface area contributed by atoms with E-state index in [4.69, 9.17) is 41.9 Å². The Morgan fingerprint density at radius 1 is 1.10 bits per heavy atom. The first-order valence-electron chi connectivity index (χ1n) is 10.6. The predicted molar refractivity (Wildman–Crippen MR) is 110 cm³/mol. The Morgan fingerprint density at radius 3 is 2.29 bits per heavy atom. The zero-order chi connectivity index (χ0) is 22.9. The predicted octanol–water partition coefficient (Wildman–Crippen LogP) is -3.85. The van der Waals surface area contributed by atoms with Crippen LogP contribution >= 0.6 is 0 Å². The maximum absolute atomic E-state index is 11.0. The first-order chi connectivity index (χ1) is 14.6. The van der Waals surface area contributed by atoms with E-state index in [1.807, 2.05) is 0 Å². The highest BCUT2D eigenvalue weighted by Crippen LogP contribution is 2.31. The third kappa shape index (κ3) is 5.20. The highest BCUT2D eigenvalue weighted by atomic mass is 16.7. The number of likely N-dealkylation sites (N-methyl/N-ethyl adjacent to an activating group) is 1. The first kappa shape index (κ1) is 24.7. The van der Waals surface area contributed by atoms with Gasteiger partial charge < -0.3 is 62.5 Å². The van der Waals surface area contributed by atoms with Gasteiger partial charge in [0.05, 0.1) is 25.2 Å². The van der Waals surface area contributed by atoms with Crippen molar-refractivity contribution in [3.63, 3.8) is 0 Å². The van der Waals surface area contributed by atoms with E-state index < -0.39 is 66.8 Å². The minimum absolute atomic E-state index is 0.0727. The summed E-state index contributed by atoms with van der Waals surface area (Å²) >= 11 is 0. The fraction of sp³-hybridized carbons (Fsp3) is 0.895. The van der Waals surface area contributed by atoms with Gasteiger partial charge in [0.25, 0.3) is 0 Å². The van der Waals surface area contributed by atoms with Crippen LogP contribution in [-0.4, -0.2) is 102 Å². The normalized spacial score (nSPS) is 48.7. The summed E-state index contributed by atoms with van der Waals surface area (Å²) in [5.41, 5.74) is 22.9. The molecule has 0 aromatic rings. The molecule has 1 aliphatic carbocycles. The summed E-state index contributed by atoms with van der Waals surface area (Å²) in [6.07, 6.45) is -3.56. The third-order valence-corrected chi connectivity index (χ3v) is 6.22. The summed E-state index contributed by atoms with van der Waals surface area (Å²) in [4.78, 5) is 0. The zero-order valence-corrected chi connectivity index (χ0v) is 18.0. The molecule has 1 saturated heterocycles. The number of rotatable bonds is 6. The lowest BCUT2D eigenvalue weighted by Gasteiger charge is -2.48. The van der Waals surface area contributed by atoms with E-state index in [0.29, 0.717) is 18.6 Å². The highest BCUT2D eigenvalue weighted by Gasteiger charge is 2.50. The van der Waals surface area contributed by atoms with Gasteiger partial charge >= 0.3 is 0 Å². The molecule has 180 valence electrons. The molecule has 1 saturated carbocycles. The largest absolute Gasteiger partial charge is 0.467 e. The molecule has 12 heteroatoms. The van der Waals surface area contributed by atoms with Crippen molar-refractivity contribution in [3.05, 3.63) is 11.8 Å². The molecule has 11 atom stereocenters. The van der Waals surface area contributed by atoms with Gasteiger partial charge in [-0.3, -0.25) is 0 Å². The van der Waals surface area contributed by atoms with Gasteiger partial charge in [-0.15, -0.1) is 0 Å². The van der Waals surface area contributed by atoms with Crippen LogP contribution < -0.4 is 28.3 Å². The van der Waals surface area contributed by atoms with Crippen molar-refractivity contribution in [2.45, 2.75) is 86.5 Å². The van der Waals surface area contributed by atoms with Gasteiger partial charge in [-0.1, -0.05) is 0 Å². The molecule has 0 radical (unpaired) electrons. The van der Waals surface area contributed by atoms with Gasteiger partial charge in [-0.05, 0) is 32.9 Å². The van der Waals surface area contributed by atoms with Crippen LogP contribution in [0, 0.1) is 0 Å². The van der Waals surface area contributed by atoms with E-state index in [-0.39, 0.29) is 13.2 Å². The molecule has 31 heavy (non-hydrogen) atoms. The van der Waals surface area contributed by atoms with Crippen LogP contribution in [0.2, 0.25) is 0 Å². The summed E-state index contributed by atoms with van der Waals surface area (Å²) < 4.78 is 23.1. The van der Waals surface area contributed by atoms with Gasteiger partial charge in [0.1, 0.15) is 35.8 Å². The summed E-state index contributed by atoms with van der Waals surface area (Å²) in [7, 11) is 1.62. The number of nitrogens with one attached hydrogen (secondary N) is 1. The minimum atomic E-state index is -1.29. The Morgan fingerprint density at radius 2 is 1.71 bits per heavy atom. The molecular weight excluding hydrogens is 410 g/mol. The molecule has 12 nitrogen and oxygen atoms in total. The summed E-state index contributed by atoms with van der Waals surface area (Å²) in [6.45, 7) is 1.68. The van der Waals surface area contributed by atoms with E-state index >= 15 is 0 Å². The Balaban J connectivity index is 1.69. The molecular formula is C19H37N5O7. The summed E-state index contributed by atoms with van der Waals surface area (Å²) in [5.74, 6) is 0.555. The van der Waals surface area contributed by atoms with Gasteiger partial charge in [0.15, 0.2) is 6.29 Å². The lowest BCUT2D eigenvalue weighted by molar-refractivity contribution is -0.303. The zero-order valence-electron chi connectivity index (χ0n) is 18.0. The molecule has 0 aromatic heterocycles. The Bertz CT molecular complexity index is 639. The molecule has 2 heterocycles. The van der Waals surface area contributed by atoms with Gasteiger partial charge in [0, 0.05) is 12.1 Å². The van der Waals surface area contributed by atoms with E-state index in [2.05, 4.69) is 5.32 Å². The second-order valence-corrected chi connectivity index (χ2v) is 8.81. The van der Waals surface area contributed by atoms with E-state index in [9.17, 15) is 15.3 Å². The van der Waals surface area contributed by atoms with Crippen LogP contribution in [0.15, 0.2) is 11.8 Å². The maximum atomic E-state index is 11.0. The van der Waals surface area contributed by atoms with Crippen LogP contribution in [-0.2, 0) is 18.9 Å².